The highest BCUT2D eigenvalue weighted by Gasteiger charge is 2.42. The molecule has 0 bridgehead atoms. The van der Waals surface area contributed by atoms with Crippen molar-refractivity contribution in [2.75, 3.05) is 202 Å². The third-order valence-electron chi connectivity index (χ3n) is 16.0. The molecule has 0 radical (unpaired) electrons. The average Bonchev–Trinajstić information content (AvgIpc) is 1.73. The van der Waals surface area contributed by atoms with E-state index in [1.165, 1.54) is 0 Å². The van der Waals surface area contributed by atoms with Crippen molar-refractivity contribution in [3.05, 3.63) is 0 Å². The second kappa shape index (κ2) is 42.5. The van der Waals surface area contributed by atoms with Crippen LogP contribution in [0, 0.1) is 0 Å². The van der Waals surface area contributed by atoms with Gasteiger partial charge in [-0.1, -0.05) is 6.42 Å². The molecule has 0 aromatic rings. The first kappa shape index (κ1) is 76.9. The lowest BCUT2D eigenvalue weighted by molar-refractivity contribution is -0.142. The van der Waals surface area contributed by atoms with Gasteiger partial charge in [0.2, 0.25) is 23.6 Å². The minimum atomic E-state index is -1.18. The zero-order valence-corrected chi connectivity index (χ0v) is 52.9. The van der Waals surface area contributed by atoms with Crippen LogP contribution < -0.4 is 31.9 Å². The van der Waals surface area contributed by atoms with E-state index < -0.39 is 47.8 Å². The van der Waals surface area contributed by atoms with Crippen LogP contribution in [0.25, 0.3) is 0 Å². The summed E-state index contributed by atoms with van der Waals surface area (Å²) >= 11 is 1.78. The van der Waals surface area contributed by atoms with Crippen LogP contribution in [-0.2, 0) is 52.7 Å². The summed E-state index contributed by atoms with van der Waals surface area (Å²) in [6.45, 7) is 2.58. The van der Waals surface area contributed by atoms with Gasteiger partial charge in [-0.05, 0) is 44.9 Å². The van der Waals surface area contributed by atoms with Crippen molar-refractivity contribution in [2.24, 2.45) is 0 Å². The fraction of sp³-hybridized carbons (Fsp3) is 0.786. The first-order valence-electron chi connectivity index (χ1n) is 31.2. The Labute approximate surface area is 534 Å². The predicted molar refractivity (Wildman–Crippen MR) is 329 cm³/mol. The highest BCUT2D eigenvalue weighted by atomic mass is 32.2. The number of nitrogens with zero attached hydrogens (tertiary/aromatic N) is 9. The number of carboxylic acid groups (broad SMARTS) is 7. The number of carbonyl (C=O) groups excluding carboxylic acids is 5. The number of hydrogen-bond acceptors (Lipinski definition) is 22. The summed E-state index contributed by atoms with van der Waals surface area (Å²) < 4.78 is 0. The van der Waals surface area contributed by atoms with Gasteiger partial charge in [0, 0.05) is 155 Å². The molecule has 35 heteroatoms. The average molecular weight is 1320 g/mol. The number of fused-ring (bicyclic) bond motifs is 1. The van der Waals surface area contributed by atoms with Gasteiger partial charge in [-0.2, -0.15) is 11.8 Å². The van der Waals surface area contributed by atoms with Gasteiger partial charge in [-0.25, -0.2) is 9.59 Å². The Morgan fingerprint density at radius 3 is 1.15 bits per heavy atom. The quantitative estimate of drug-likeness (QED) is 0.0203. The molecule has 0 aliphatic carbocycles. The SMILES string of the molecule is O=C(O)CN1CCN(CC(=O)O)CCN(CC(=O)NCCCN(CCCNC(=O)CN2CCN(CC(=O)O)CCN(CC(=O)O)CCN(CC(=O)O)CC2)CC(=O)NCCCC[C@H](NC(=O)CCCC[C@@H]2SC[C@@H]3NC(=O)N[C@@H]32)C(=O)O)CCN(CC(=O)O)CC1. The number of carboxylic acids is 7. The minimum Gasteiger partial charge on any atom is -0.480 e. The Bertz CT molecular complexity index is 2220. The Morgan fingerprint density at radius 1 is 0.440 bits per heavy atom. The number of hydrogen-bond donors (Lipinski definition) is 13. The highest BCUT2D eigenvalue weighted by molar-refractivity contribution is 8.00. The fourth-order valence-electron chi connectivity index (χ4n) is 11.2. The summed E-state index contributed by atoms with van der Waals surface area (Å²) in [5.74, 6) is -8.27. The number of nitrogens with one attached hydrogen (secondary N) is 6. The van der Waals surface area contributed by atoms with E-state index in [0.29, 0.717) is 45.2 Å². The van der Waals surface area contributed by atoms with Crippen molar-refractivity contribution >= 4 is 83.2 Å². The lowest BCUT2D eigenvalue weighted by Crippen LogP contribution is -2.50. The number of amides is 6. The van der Waals surface area contributed by atoms with E-state index in [2.05, 4.69) is 31.9 Å². The zero-order valence-electron chi connectivity index (χ0n) is 52.1. The van der Waals surface area contributed by atoms with E-state index >= 15 is 0 Å². The van der Waals surface area contributed by atoms with Crippen molar-refractivity contribution in [3.63, 3.8) is 0 Å². The molecule has 4 aliphatic rings. The summed E-state index contributed by atoms with van der Waals surface area (Å²) in [6, 6.07) is -1.13. The van der Waals surface area contributed by atoms with E-state index in [0.717, 1.165) is 18.6 Å². The van der Waals surface area contributed by atoms with Gasteiger partial charge in [0.05, 0.1) is 71.0 Å². The normalized spacial score (nSPS) is 20.7. The maximum Gasteiger partial charge on any atom is 0.326 e. The van der Waals surface area contributed by atoms with Gasteiger partial charge in [0.15, 0.2) is 0 Å². The number of carbonyl (C=O) groups is 12. The van der Waals surface area contributed by atoms with Crippen LogP contribution in [0.1, 0.15) is 57.8 Å². The van der Waals surface area contributed by atoms with Crippen molar-refractivity contribution in [1.82, 2.24) is 76.0 Å². The third kappa shape index (κ3) is 34.1. The molecule has 34 nitrogen and oxygen atoms in total. The third-order valence-corrected chi connectivity index (χ3v) is 17.5. The smallest absolute Gasteiger partial charge is 0.326 e. The number of rotatable bonds is 38. The molecule has 4 saturated heterocycles. The summed E-state index contributed by atoms with van der Waals surface area (Å²) in [6.07, 6.45) is 3.94. The molecule has 4 aliphatic heterocycles. The molecule has 4 fully saturated rings. The molecule has 516 valence electrons. The van der Waals surface area contributed by atoms with Crippen LogP contribution in [-0.4, -0.2) is 377 Å². The summed E-state index contributed by atoms with van der Waals surface area (Å²) in [5, 5.41) is 84.7. The van der Waals surface area contributed by atoms with E-state index in [4.69, 9.17) is 0 Å². The van der Waals surface area contributed by atoms with Crippen molar-refractivity contribution in [2.45, 2.75) is 81.2 Å². The molecule has 4 heterocycles. The van der Waals surface area contributed by atoms with Crippen molar-refractivity contribution < 1.29 is 93.3 Å². The van der Waals surface area contributed by atoms with Crippen LogP contribution in [0.5, 0.6) is 0 Å². The highest BCUT2D eigenvalue weighted by Crippen LogP contribution is 2.33. The summed E-state index contributed by atoms with van der Waals surface area (Å²) in [4.78, 5) is 163. The maximum absolute atomic E-state index is 13.5. The van der Waals surface area contributed by atoms with Gasteiger partial charge >= 0.3 is 47.8 Å². The van der Waals surface area contributed by atoms with Gasteiger partial charge in [0.25, 0.3) is 0 Å². The van der Waals surface area contributed by atoms with Gasteiger partial charge < -0.3 is 67.6 Å². The van der Waals surface area contributed by atoms with Crippen LogP contribution in [0.15, 0.2) is 0 Å². The number of thioether (sulfide) groups is 1. The lowest BCUT2D eigenvalue weighted by Gasteiger charge is -2.32. The lowest BCUT2D eigenvalue weighted by atomic mass is 10.0. The topological polar surface area (TPSA) is 448 Å². The Morgan fingerprint density at radius 2 is 0.791 bits per heavy atom. The molecule has 0 spiro atoms. The van der Waals surface area contributed by atoms with Crippen molar-refractivity contribution in [1.29, 1.82) is 0 Å². The molecule has 0 aromatic carbocycles. The molecule has 0 unspecified atom stereocenters. The molecular weight excluding hydrogens is 1220 g/mol. The molecule has 6 amide bonds. The van der Waals surface area contributed by atoms with Gasteiger partial charge in [-0.15, -0.1) is 0 Å². The van der Waals surface area contributed by atoms with Crippen LogP contribution in [0.3, 0.4) is 0 Å². The van der Waals surface area contributed by atoms with E-state index in [1.54, 1.807) is 51.0 Å². The standard InChI is InChI=1S/C56H97N15O19S/c72-44(9-2-1-8-43-54-42(40-91-43)61-56(90)62-54)60-41(55(88)89)7-3-4-10-57-45(73)31-63(13-5-11-58-46(74)32-64-15-19-66(34-48(76)77)23-27-70(38-52(84)85)28-24-67(20-16-64)35-49(78)79)14-6-12-59-47(75)33-65-17-21-68(36-50(80)81)25-29-71(39-53(86)87)30-26-69(22-18-65)37-51(82)83/h41-43,54H,1-40H2,(H,57,73)(H,58,74)(H,59,75)(H,60,72)(H,76,77)(H,78,79)(H,80,81)(H,82,83)(H,84,85)(H,86,87)(H,88,89)(H2,61,62,90)/t41-,42-,43-,54-/m0/s1. The van der Waals surface area contributed by atoms with Gasteiger partial charge in [0.1, 0.15) is 6.04 Å². The Balaban J connectivity index is 1.33. The van der Waals surface area contributed by atoms with Crippen molar-refractivity contribution in [3.8, 4) is 0 Å². The summed E-state index contributed by atoms with van der Waals surface area (Å²) in [5.41, 5.74) is 0. The molecular formula is C56H97N15O19S. The summed E-state index contributed by atoms with van der Waals surface area (Å²) in [7, 11) is 0. The predicted octanol–water partition coefficient (Wildman–Crippen LogP) is -5.17. The molecule has 4 atom stereocenters. The minimum absolute atomic E-state index is 0.0555. The van der Waals surface area contributed by atoms with Crippen LogP contribution in [0.4, 0.5) is 4.79 Å². The van der Waals surface area contributed by atoms with E-state index in [-0.39, 0.29) is 243 Å². The second-order valence-electron chi connectivity index (χ2n) is 23.4. The monoisotopic (exact) mass is 1320 g/mol. The molecule has 91 heavy (non-hydrogen) atoms. The molecule has 0 saturated carbocycles. The molecule has 13 N–H and O–H groups in total. The largest absolute Gasteiger partial charge is 0.480 e. The first-order chi connectivity index (χ1) is 43.4. The zero-order chi connectivity index (χ0) is 66.7. The molecule has 4 rings (SSSR count). The number of aliphatic carboxylic acids is 7. The first-order valence-corrected chi connectivity index (χ1v) is 32.3. The number of unbranched alkanes of at least 4 members (excludes halogenated alkanes) is 2. The van der Waals surface area contributed by atoms with Crippen LogP contribution >= 0.6 is 11.8 Å². The van der Waals surface area contributed by atoms with E-state index in [9.17, 15) is 93.3 Å². The van der Waals surface area contributed by atoms with E-state index in [1.807, 2.05) is 4.90 Å². The molecule has 0 aromatic heterocycles. The van der Waals surface area contributed by atoms with Gasteiger partial charge in [-0.3, -0.25) is 92.0 Å². The number of urea groups is 1. The Kier molecular flexibility index (Phi) is 35.9. The maximum atomic E-state index is 13.5. The Hall–Kier alpha value is -6.57. The van der Waals surface area contributed by atoms with Crippen LogP contribution in [0.2, 0.25) is 0 Å². The second-order valence-corrected chi connectivity index (χ2v) is 24.7. The fourth-order valence-corrected chi connectivity index (χ4v) is 12.7.